The van der Waals surface area contributed by atoms with Gasteiger partial charge in [-0.3, -0.25) is 4.79 Å². The van der Waals surface area contributed by atoms with Gasteiger partial charge in [0.15, 0.2) is 0 Å². The minimum absolute atomic E-state index is 0.0486. The zero-order valence-corrected chi connectivity index (χ0v) is 11.0. The molecular weight excluding hydrogens is 236 g/mol. The summed E-state index contributed by atoms with van der Waals surface area (Å²) in [6.45, 7) is 1.13. The van der Waals surface area contributed by atoms with Gasteiger partial charge in [-0.25, -0.2) is 0 Å². The van der Waals surface area contributed by atoms with E-state index in [4.69, 9.17) is 16.9 Å². The number of nitrogens with zero attached hydrogens (tertiary/aromatic N) is 1. The van der Waals surface area contributed by atoms with Crippen molar-refractivity contribution >= 4 is 17.7 Å². The third-order valence-electron chi connectivity index (χ3n) is 2.82. The molecule has 0 aromatic rings. The number of carbonyl (C=O) groups excluding carboxylic acids is 1. The van der Waals surface area contributed by atoms with Crippen molar-refractivity contribution in [2.24, 2.45) is 5.73 Å². The standard InChI is InChI=1S/C12H20N2O2S/c1-3-4-11(13)12(15)14(6-7-16-2)10-5-8-17-9-10/h1,10-11H,4-9,13H2,2H3. The Bertz CT molecular complexity index is 285. The van der Waals surface area contributed by atoms with Crippen molar-refractivity contribution in [2.45, 2.75) is 24.9 Å². The Kier molecular flexibility index (Phi) is 6.41. The van der Waals surface area contributed by atoms with Gasteiger partial charge in [0.05, 0.1) is 12.6 Å². The number of thioether (sulfide) groups is 1. The molecule has 0 radical (unpaired) electrons. The van der Waals surface area contributed by atoms with Gasteiger partial charge >= 0.3 is 0 Å². The monoisotopic (exact) mass is 256 g/mol. The number of ether oxygens (including phenoxy) is 1. The van der Waals surface area contributed by atoms with Crippen molar-refractivity contribution in [2.75, 3.05) is 31.8 Å². The van der Waals surface area contributed by atoms with Crippen molar-refractivity contribution < 1.29 is 9.53 Å². The molecule has 1 rings (SSSR count). The van der Waals surface area contributed by atoms with Gasteiger partial charge < -0.3 is 15.4 Å². The van der Waals surface area contributed by atoms with Crippen molar-refractivity contribution in [1.82, 2.24) is 4.90 Å². The molecule has 1 aliphatic heterocycles. The second-order valence-corrected chi connectivity index (χ2v) is 5.21. The van der Waals surface area contributed by atoms with Gasteiger partial charge in [0.1, 0.15) is 0 Å². The third-order valence-corrected chi connectivity index (χ3v) is 3.97. The fraction of sp³-hybridized carbons (Fsp3) is 0.750. The highest BCUT2D eigenvalue weighted by Gasteiger charge is 2.29. The van der Waals surface area contributed by atoms with E-state index in [9.17, 15) is 4.79 Å². The SMILES string of the molecule is C#CCC(N)C(=O)N(CCOC)C1CCSC1. The van der Waals surface area contributed by atoms with Crippen LogP contribution in [0.4, 0.5) is 0 Å². The summed E-state index contributed by atoms with van der Waals surface area (Å²) in [5, 5.41) is 0. The number of carbonyl (C=O) groups is 1. The Morgan fingerprint density at radius 2 is 2.53 bits per heavy atom. The molecule has 0 aliphatic carbocycles. The molecule has 2 N–H and O–H groups in total. The van der Waals surface area contributed by atoms with Crippen LogP contribution < -0.4 is 5.73 Å². The van der Waals surface area contributed by atoms with E-state index in [1.165, 1.54) is 0 Å². The van der Waals surface area contributed by atoms with Crippen LogP contribution in [0.15, 0.2) is 0 Å². The molecule has 2 unspecified atom stereocenters. The summed E-state index contributed by atoms with van der Waals surface area (Å²) in [7, 11) is 1.63. The molecule has 5 heteroatoms. The molecule has 0 saturated carbocycles. The zero-order valence-electron chi connectivity index (χ0n) is 10.2. The van der Waals surface area contributed by atoms with Crippen LogP contribution in [0.2, 0.25) is 0 Å². The van der Waals surface area contributed by atoms with Crippen LogP contribution in [-0.2, 0) is 9.53 Å². The lowest BCUT2D eigenvalue weighted by Crippen LogP contribution is -2.49. The van der Waals surface area contributed by atoms with Crippen LogP contribution in [0.25, 0.3) is 0 Å². The highest BCUT2D eigenvalue weighted by molar-refractivity contribution is 7.99. The lowest BCUT2D eigenvalue weighted by Gasteiger charge is -2.30. The Morgan fingerprint density at radius 3 is 3.06 bits per heavy atom. The second kappa shape index (κ2) is 7.59. The Balaban J connectivity index is 2.60. The average molecular weight is 256 g/mol. The average Bonchev–Trinajstić information content (AvgIpc) is 2.83. The summed E-state index contributed by atoms with van der Waals surface area (Å²) in [4.78, 5) is 14.0. The predicted molar refractivity (Wildman–Crippen MR) is 70.7 cm³/mol. The van der Waals surface area contributed by atoms with Crippen molar-refractivity contribution in [1.29, 1.82) is 0 Å². The molecule has 1 amide bonds. The zero-order chi connectivity index (χ0) is 12.7. The largest absolute Gasteiger partial charge is 0.383 e. The van der Waals surface area contributed by atoms with Crippen LogP contribution >= 0.6 is 11.8 Å². The number of hydrogen-bond acceptors (Lipinski definition) is 4. The number of hydrogen-bond donors (Lipinski definition) is 1. The van der Waals surface area contributed by atoms with E-state index in [-0.39, 0.29) is 11.9 Å². The van der Waals surface area contributed by atoms with Crippen molar-refractivity contribution in [3.8, 4) is 12.3 Å². The van der Waals surface area contributed by atoms with E-state index in [2.05, 4.69) is 5.92 Å². The summed E-state index contributed by atoms with van der Waals surface area (Å²) < 4.78 is 5.04. The minimum atomic E-state index is -0.581. The molecule has 4 nitrogen and oxygen atoms in total. The first-order valence-corrected chi connectivity index (χ1v) is 6.92. The highest BCUT2D eigenvalue weighted by Crippen LogP contribution is 2.22. The molecule has 0 aromatic heterocycles. The Morgan fingerprint density at radius 1 is 1.76 bits per heavy atom. The molecular formula is C12H20N2O2S. The van der Waals surface area contributed by atoms with Crippen LogP contribution in [0, 0.1) is 12.3 Å². The van der Waals surface area contributed by atoms with Gasteiger partial charge in [-0.2, -0.15) is 11.8 Å². The first-order chi connectivity index (χ1) is 8.20. The maximum atomic E-state index is 12.2. The molecule has 1 heterocycles. The minimum Gasteiger partial charge on any atom is -0.383 e. The lowest BCUT2D eigenvalue weighted by atomic mass is 10.1. The Hall–Kier alpha value is -0.700. The van der Waals surface area contributed by atoms with Gasteiger partial charge in [-0.05, 0) is 12.2 Å². The summed E-state index contributed by atoms with van der Waals surface area (Å²) in [6.07, 6.45) is 6.52. The predicted octanol–water partition coefficient (Wildman–Crippen LogP) is 0.317. The maximum Gasteiger partial charge on any atom is 0.240 e. The van der Waals surface area contributed by atoms with Crippen LogP contribution in [-0.4, -0.2) is 54.7 Å². The van der Waals surface area contributed by atoms with Gasteiger partial charge in [0.25, 0.3) is 0 Å². The van der Waals surface area contributed by atoms with Gasteiger partial charge in [0, 0.05) is 31.9 Å². The molecule has 0 aromatic carbocycles. The summed E-state index contributed by atoms with van der Waals surface area (Å²) in [6, 6.07) is -0.297. The fourth-order valence-electron chi connectivity index (χ4n) is 1.86. The summed E-state index contributed by atoms with van der Waals surface area (Å²) in [5.41, 5.74) is 5.79. The van der Waals surface area contributed by atoms with Gasteiger partial charge in [-0.15, -0.1) is 12.3 Å². The molecule has 1 saturated heterocycles. The highest BCUT2D eigenvalue weighted by atomic mass is 32.2. The van der Waals surface area contributed by atoms with E-state index in [1.807, 2.05) is 16.7 Å². The summed E-state index contributed by atoms with van der Waals surface area (Å²) in [5.74, 6) is 4.48. The van der Waals surface area contributed by atoms with E-state index in [0.717, 1.165) is 17.9 Å². The number of terminal acetylenes is 1. The Labute approximate surface area is 107 Å². The van der Waals surface area contributed by atoms with Gasteiger partial charge in [0.2, 0.25) is 5.91 Å². The smallest absolute Gasteiger partial charge is 0.240 e. The molecule has 1 fully saturated rings. The van der Waals surface area contributed by atoms with E-state index in [1.54, 1.807) is 7.11 Å². The van der Waals surface area contributed by atoms with E-state index in [0.29, 0.717) is 19.6 Å². The number of amides is 1. The fourth-order valence-corrected chi connectivity index (χ4v) is 3.08. The molecule has 2 atom stereocenters. The van der Waals surface area contributed by atoms with Crippen molar-refractivity contribution in [3.63, 3.8) is 0 Å². The van der Waals surface area contributed by atoms with Crippen molar-refractivity contribution in [3.05, 3.63) is 0 Å². The normalized spacial score (nSPS) is 20.9. The molecule has 0 bridgehead atoms. The first-order valence-electron chi connectivity index (χ1n) is 5.77. The van der Waals surface area contributed by atoms with Crippen LogP contribution in [0.1, 0.15) is 12.8 Å². The quantitative estimate of drug-likeness (QED) is 0.695. The topological polar surface area (TPSA) is 55.6 Å². The molecule has 96 valence electrons. The third kappa shape index (κ3) is 4.23. The van der Waals surface area contributed by atoms with Gasteiger partial charge in [-0.1, -0.05) is 0 Å². The number of rotatable bonds is 6. The van der Waals surface area contributed by atoms with E-state index < -0.39 is 6.04 Å². The maximum absolute atomic E-state index is 12.2. The molecule has 0 spiro atoms. The van der Waals surface area contributed by atoms with Crippen LogP contribution in [0.5, 0.6) is 0 Å². The number of nitrogens with two attached hydrogens (primary N) is 1. The van der Waals surface area contributed by atoms with Crippen LogP contribution in [0.3, 0.4) is 0 Å². The molecule has 17 heavy (non-hydrogen) atoms. The second-order valence-electron chi connectivity index (χ2n) is 4.06. The number of methoxy groups -OCH3 is 1. The lowest BCUT2D eigenvalue weighted by molar-refractivity contribution is -0.135. The van der Waals surface area contributed by atoms with E-state index >= 15 is 0 Å². The summed E-state index contributed by atoms with van der Waals surface area (Å²) >= 11 is 1.87. The first kappa shape index (κ1) is 14.4. The molecule has 1 aliphatic rings.